The molecule has 0 atom stereocenters. The van der Waals surface area contributed by atoms with E-state index in [0.717, 1.165) is 5.56 Å². The van der Waals surface area contributed by atoms with Gasteiger partial charge in [-0.2, -0.15) is 0 Å². The van der Waals surface area contributed by atoms with E-state index in [-0.39, 0.29) is 0 Å². The van der Waals surface area contributed by atoms with Gasteiger partial charge in [-0.1, -0.05) is 18.5 Å². The molecule has 0 amide bonds. The van der Waals surface area contributed by atoms with Gasteiger partial charge >= 0.3 is 5.97 Å². The van der Waals surface area contributed by atoms with Crippen molar-refractivity contribution in [2.24, 2.45) is 0 Å². The molecule has 0 aromatic heterocycles. The lowest BCUT2D eigenvalue weighted by atomic mass is 10.1. The second-order valence-electron chi connectivity index (χ2n) is 2.55. The highest BCUT2D eigenvalue weighted by Crippen LogP contribution is 2.29. The van der Waals surface area contributed by atoms with E-state index in [1.807, 2.05) is 6.92 Å². The van der Waals surface area contributed by atoms with Crippen molar-refractivity contribution >= 4 is 33.5 Å². The third-order valence-corrected chi connectivity index (χ3v) is 3.23. The predicted octanol–water partition coefficient (Wildman–Crippen LogP) is 3.36. The van der Waals surface area contributed by atoms with Crippen molar-refractivity contribution in [3.8, 4) is 0 Å². The maximum Gasteiger partial charge on any atom is 0.336 e. The highest BCUT2D eigenvalue weighted by atomic mass is 79.9. The number of aromatic carboxylic acids is 1. The Hall–Kier alpha value is -0.540. The van der Waals surface area contributed by atoms with Gasteiger partial charge in [0.05, 0.1) is 10.6 Å². The molecule has 1 aromatic rings. The predicted molar refractivity (Wildman–Crippen MR) is 55.5 cm³/mol. The van der Waals surface area contributed by atoms with Crippen molar-refractivity contribution in [1.82, 2.24) is 0 Å². The average molecular weight is 264 g/mol. The van der Waals surface area contributed by atoms with Crippen LogP contribution in [0, 0.1) is 0 Å². The largest absolute Gasteiger partial charge is 0.478 e. The summed E-state index contributed by atoms with van der Waals surface area (Å²) in [5.41, 5.74) is 1.04. The number of carboxylic acid groups (broad SMARTS) is 1. The molecule has 1 rings (SSSR count). The van der Waals surface area contributed by atoms with Gasteiger partial charge in [-0.3, -0.25) is 0 Å². The van der Waals surface area contributed by atoms with E-state index in [1.165, 1.54) is 6.07 Å². The van der Waals surface area contributed by atoms with E-state index in [9.17, 15) is 4.79 Å². The van der Waals surface area contributed by atoms with E-state index < -0.39 is 5.97 Å². The molecule has 0 bridgehead atoms. The fourth-order valence-electron chi connectivity index (χ4n) is 1.14. The van der Waals surface area contributed by atoms with Gasteiger partial charge in [0.1, 0.15) is 0 Å². The maximum absolute atomic E-state index is 10.8. The molecule has 0 fully saturated rings. The summed E-state index contributed by atoms with van der Waals surface area (Å²) in [4.78, 5) is 10.8. The fourth-order valence-corrected chi connectivity index (χ4v) is 1.94. The van der Waals surface area contributed by atoms with Crippen LogP contribution in [0.4, 0.5) is 0 Å². The number of carboxylic acids is 1. The Bertz CT molecular complexity index is 350. The zero-order chi connectivity index (χ0) is 10.0. The summed E-state index contributed by atoms with van der Waals surface area (Å²) in [6, 6.07) is 3.10. The molecule has 0 saturated carbocycles. The van der Waals surface area contributed by atoms with Crippen LogP contribution in [0.1, 0.15) is 22.8 Å². The van der Waals surface area contributed by atoms with Crippen LogP contribution in [0.15, 0.2) is 16.6 Å². The second-order valence-corrected chi connectivity index (χ2v) is 3.75. The minimum absolute atomic E-state index is 0.304. The highest BCUT2D eigenvalue weighted by Gasteiger charge is 2.13. The molecule has 13 heavy (non-hydrogen) atoms. The summed E-state index contributed by atoms with van der Waals surface area (Å²) in [6.07, 6.45) is 0.642. The van der Waals surface area contributed by atoms with E-state index in [2.05, 4.69) is 15.9 Å². The topological polar surface area (TPSA) is 37.3 Å². The van der Waals surface area contributed by atoms with Gasteiger partial charge in [0, 0.05) is 4.47 Å². The summed E-state index contributed by atoms with van der Waals surface area (Å²) in [5, 5.41) is 9.39. The van der Waals surface area contributed by atoms with Crippen LogP contribution in [-0.4, -0.2) is 11.1 Å². The summed E-state index contributed by atoms with van der Waals surface area (Å²) in [6.45, 7) is 1.89. The molecule has 0 radical (unpaired) electrons. The number of benzene rings is 1. The summed E-state index contributed by atoms with van der Waals surface area (Å²) in [7, 11) is 0. The van der Waals surface area contributed by atoms with Gasteiger partial charge < -0.3 is 5.11 Å². The van der Waals surface area contributed by atoms with Crippen LogP contribution in [0.2, 0.25) is 5.02 Å². The summed E-state index contributed by atoms with van der Waals surface area (Å²) in [5.74, 6) is -0.922. The van der Waals surface area contributed by atoms with Crippen LogP contribution < -0.4 is 0 Å². The monoisotopic (exact) mass is 262 g/mol. The van der Waals surface area contributed by atoms with E-state index in [1.54, 1.807) is 6.07 Å². The average Bonchev–Trinajstić information content (AvgIpc) is 2.09. The zero-order valence-corrected chi connectivity index (χ0v) is 9.32. The number of carbonyl (C=O) groups is 1. The maximum atomic E-state index is 10.8. The van der Waals surface area contributed by atoms with Crippen molar-refractivity contribution in [2.75, 3.05) is 0 Å². The van der Waals surface area contributed by atoms with Gasteiger partial charge in [0.2, 0.25) is 0 Å². The minimum atomic E-state index is -0.922. The number of rotatable bonds is 2. The molecule has 0 aliphatic rings. The standard InChI is InChI=1S/C9H8BrClO2/c1-2-5-6(9(12)13)3-4-7(11)8(5)10/h3-4H,2H2,1H3,(H,12,13). The van der Waals surface area contributed by atoms with Crippen molar-refractivity contribution in [3.63, 3.8) is 0 Å². The van der Waals surface area contributed by atoms with E-state index >= 15 is 0 Å². The number of halogens is 2. The van der Waals surface area contributed by atoms with Gasteiger partial charge in [-0.15, -0.1) is 0 Å². The molecule has 4 heteroatoms. The molecular formula is C9H8BrClO2. The van der Waals surface area contributed by atoms with Gasteiger partial charge in [0.25, 0.3) is 0 Å². The highest BCUT2D eigenvalue weighted by molar-refractivity contribution is 9.10. The molecular weight excluding hydrogens is 255 g/mol. The van der Waals surface area contributed by atoms with Crippen LogP contribution in [-0.2, 0) is 6.42 Å². The van der Waals surface area contributed by atoms with Crippen LogP contribution >= 0.6 is 27.5 Å². The third kappa shape index (κ3) is 2.03. The number of hydrogen-bond donors (Lipinski definition) is 1. The fraction of sp³-hybridized carbons (Fsp3) is 0.222. The molecule has 0 aliphatic carbocycles. The molecule has 0 heterocycles. The Morgan fingerprint density at radius 3 is 2.69 bits per heavy atom. The second kappa shape index (κ2) is 4.11. The summed E-state index contributed by atoms with van der Waals surface area (Å²) < 4.78 is 0.677. The molecule has 70 valence electrons. The first kappa shape index (κ1) is 10.5. The van der Waals surface area contributed by atoms with Gasteiger partial charge in [-0.25, -0.2) is 4.79 Å². The lowest BCUT2D eigenvalue weighted by molar-refractivity contribution is 0.0695. The Labute approximate surface area is 89.7 Å². The molecule has 0 aliphatic heterocycles. The lowest BCUT2D eigenvalue weighted by Crippen LogP contribution is -2.02. The van der Waals surface area contributed by atoms with E-state index in [4.69, 9.17) is 16.7 Å². The molecule has 2 nitrogen and oxygen atoms in total. The van der Waals surface area contributed by atoms with Crippen molar-refractivity contribution in [3.05, 3.63) is 32.8 Å². The first-order valence-corrected chi connectivity index (χ1v) is 4.95. The van der Waals surface area contributed by atoms with E-state index in [0.29, 0.717) is 21.5 Å². The SMILES string of the molecule is CCc1c(C(=O)O)ccc(Cl)c1Br. The Kier molecular flexibility index (Phi) is 3.33. The molecule has 1 aromatic carbocycles. The number of hydrogen-bond acceptors (Lipinski definition) is 1. The van der Waals surface area contributed by atoms with Crippen LogP contribution in [0.25, 0.3) is 0 Å². The van der Waals surface area contributed by atoms with Gasteiger partial charge in [0.15, 0.2) is 0 Å². The Balaban J connectivity index is 3.38. The van der Waals surface area contributed by atoms with Crippen molar-refractivity contribution in [2.45, 2.75) is 13.3 Å². The lowest BCUT2D eigenvalue weighted by Gasteiger charge is -2.07. The zero-order valence-electron chi connectivity index (χ0n) is 6.97. The third-order valence-electron chi connectivity index (χ3n) is 1.78. The smallest absolute Gasteiger partial charge is 0.336 e. The quantitative estimate of drug-likeness (QED) is 0.888. The first-order valence-electron chi connectivity index (χ1n) is 3.78. The van der Waals surface area contributed by atoms with Crippen LogP contribution in [0.5, 0.6) is 0 Å². The summed E-state index contributed by atoms with van der Waals surface area (Å²) >= 11 is 9.09. The molecule has 0 saturated heterocycles. The van der Waals surface area contributed by atoms with Gasteiger partial charge in [-0.05, 0) is 40.0 Å². The molecule has 0 spiro atoms. The molecule has 0 unspecified atom stereocenters. The Morgan fingerprint density at radius 2 is 2.23 bits per heavy atom. The normalized spacial score (nSPS) is 10.1. The van der Waals surface area contributed by atoms with Crippen molar-refractivity contribution in [1.29, 1.82) is 0 Å². The molecule has 1 N–H and O–H groups in total. The first-order chi connectivity index (χ1) is 6.07. The minimum Gasteiger partial charge on any atom is -0.478 e. The van der Waals surface area contributed by atoms with Crippen LogP contribution in [0.3, 0.4) is 0 Å². The van der Waals surface area contributed by atoms with Crippen molar-refractivity contribution < 1.29 is 9.90 Å². The Morgan fingerprint density at radius 1 is 1.62 bits per heavy atom.